The van der Waals surface area contributed by atoms with Gasteiger partial charge in [-0.25, -0.2) is 4.68 Å². The van der Waals surface area contributed by atoms with Crippen LogP contribution in [0.3, 0.4) is 0 Å². The van der Waals surface area contributed by atoms with Crippen LogP contribution < -0.4 is 5.32 Å². The van der Waals surface area contributed by atoms with Crippen molar-refractivity contribution in [2.75, 3.05) is 0 Å². The van der Waals surface area contributed by atoms with Crippen LogP contribution in [0, 0.1) is 0 Å². The van der Waals surface area contributed by atoms with E-state index in [1.54, 1.807) is 23.3 Å². The molecular formula is C22H21N7O. The predicted octanol–water partition coefficient (Wildman–Crippen LogP) is 2.66. The molecule has 150 valence electrons. The fourth-order valence-electron chi connectivity index (χ4n) is 3.88. The number of hydrogen-bond acceptors (Lipinski definition) is 5. The van der Waals surface area contributed by atoms with Crippen molar-refractivity contribution >= 4 is 5.91 Å². The number of nitrogens with one attached hydrogen (secondary N) is 1. The topological polar surface area (TPSA) is 90.5 Å². The summed E-state index contributed by atoms with van der Waals surface area (Å²) in [5.74, 6) is 1.69. The zero-order chi connectivity index (χ0) is 20.3. The lowest BCUT2D eigenvalue weighted by Crippen LogP contribution is -2.35. The summed E-state index contributed by atoms with van der Waals surface area (Å²) < 4.78 is 3.85. The number of carbonyl (C=O) groups excluding carboxylic acids is 1. The summed E-state index contributed by atoms with van der Waals surface area (Å²) in [5, 5.41) is 16.2. The van der Waals surface area contributed by atoms with Gasteiger partial charge >= 0.3 is 0 Å². The minimum absolute atomic E-state index is 0.0617. The molecule has 0 aliphatic carbocycles. The Kier molecular flexibility index (Phi) is 4.80. The minimum atomic E-state index is -0.0868. The molecule has 1 aliphatic heterocycles. The number of rotatable bonds is 4. The van der Waals surface area contributed by atoms with Gasteiger partial charge in [0.05, 0.1) is 11.3 Å². The molecule has 3 aromatic heterocycles. The number of amides is 1. The highest BCUT2D eigenvalue weighted by Gasteiger charge is 2.23. The maximum absolute atomic E-state index is 13.0. The van der Waals surface area contributed by atoms with Gasteiger partial charge in [-0.05, 0) is 43.2 Å². The molecule has 0 bridgehead atoms. The number of hydrogen-bond donors (Lipinski definition) is 1. The van der Waals surface area contributed by atoms with Crippen LogP contribution in [-0.4, -0.2) is 41.5 Å². The summed E-state index contributed by atoms with van der Waals surface area (Å²) in [4.78, 5) is 17.2. The molecule has 0 fully saturated rings. The minimum Gasteiger partial charge on any atom is -0.349 e. The molecule has 1 aliphatic rings. The predicted molar refractivity (Wildman–Crippen MR) is 111 cm³/mol. The first kappa shape index (κ1) is 18.2. The van der Waals surface area contributed by atoms with Crippen molar-refractivity contribution in [3.63, 3.8) is 0 Å². The maximum atomic E-state index is 13.0. The van der Waals surface area contributed by atoms with E-state index in [1.807, 2.05) is 48.7 Å². The Hall–Kier alpha value is -3.81. The molecule has 0 spiro atoms. The summed E-state index contributed by atoms with van der Waals surface area (Å²) in [6.45, 7) is 0.748. The smallest absolute Gasteiger partial charge is 0.253 e. The summed E-state index contributed by atoms with van der Waals surface area (Å²) in [6, 6.07) is 13.3. The Morgan fingerprint density at radius 3 is 2.80 bits per heavy atom. The van der Waals surface area contributed by atoms with E-state index in [2.05, 4.69) is 30.2 Å². The first-order chi connectivity index (χ1) is 14.8. The Balaban J connectivity index is 1.32. The fourth-order valence-corrected chi connectivity index (χ4v) is 3.88. The molecule has 1 aromatic carbocycles. The molecule has 8 heteroatoms. The second-order valence-electron chi connectivity index (χ2n) is 7.30. The van der Waals surface area contributed by atoms with Crippen LogP contribution in [0.1, 0.15) is 29.0 Å². The SMILES string of the molecule is O=C(NC1CCc2nnc(-c3cccnc3)n2CC1)c1ccccc1-n1cccn1. The summed E-state index contributed by atoms with van der Waals surface area (Å²) in [7, 11) is 0. The van der Waals surface area contributed by atoms with E-state index in [0.29, 0.717) is 5.56 Å². The summed E-state index contributed by atoms with van der Waals surface area (Å²) >= 11 is 0. The van der Waals surface area contributed by atoms with Gasteiger partial charge in [0.25, 0.3) is 5.91 Å². The maximum Gasteiger partial charge on any atom is 0.253 e. The van der Waals surface area contributed by atoms with Gasteiger partial charge in [-0.15, -0.1) is 10.2 Å². The average Bonchev–Trinajstić information content (AvgIpc) is 3.43. The van der Waals surface area contributed by atoms with Crippen molar-refractivity contribution in [3.8, 4) is 17.1 Å². The molecule has 30 heavy (non-hydrogen) atoms. The standard InChI is InChI=1S/C22H21N7O/c30-22(18-6-1-2-7-19(18)29-13-4-12-24-29)25-17-8-9-20-26-27-21(28(20)14-10-17)16-5-3-11-23-15-16/h1-7,11-13,15,17H,8-10,14H2,(H,25,30). The zero-order valence-electron chi connectivity index (χ0n) is 16.3. The van der Waals surface area contributed by atoms with Crippen LogP contribution >= 0.6 is 0 Å². The monoisotopic (exact) mass is 399 g/mol. The van der Waals surface area contributed by atoms with E-state index in [-0.39, 0.29) is 11.9 Å². The summed E-state index contributed by atoms with van der Waals surface area (Å²) in [5.41, 5.74) is 2.33. The number of carbonyl (C=O) groups is 1. The highest BCUT2D eigenvalue weighted by Crippen LogP contribution is 2.22. The number of fused-ring (bicyclic) bond motifs is 1. The highest BCUT2D eigenvalue weighted by atomic mass is 16.1. The number of pyridine rings is 1. The third kappa shape index (κ3) is 3.47. The second kappa shape index (κ2) is 7.90. The van der Waals surface area contributed by atoms with Crippen molar-refractivity contribution in [3.05, 3.63) is 78.6 Å². The zero-order valence-corrected chi connectivity index (χ0v) is 16.3. The summed E-state index contributed by atoms with van der Waals surface area (Å²) in [6.07, 6.45) is 9.48. The van der Waals surface area contributed by atoms with Gasteiger partial charge in [0, 0.05) is 49.4 Å². The Morgan fingerprint density at radius 2 is 1.97 bits per heavy atom. The molecule has 1 amide bonds. The van der Waals surface area contributed by atoms with Gasteiger partial charge in [0.15, 0.2) is 5.82 Å². The molecule has 4 aromatic rings. The lowest BCUT2D eigenvalue weighted by molar-refractivity contribution is 0.0933. The van der Waals surface area contributed by atoms with E-state index in [1.165, 1.54) is 0 Å². The van der Waals surface area contributed by atoms with Gasteiger partial charge in [-0.1, -0.05) is 12.1 Å². The van der Waals surface area contributed by atoms with Crippen LogP contribution in [0.25, 0.3) is 17.1 Å². The third-order valence-electron chi connectivity index (χ3n) is 5.40. The lowest BCUT2D eigenvalue weighted by atomic mass is 10.1. The molecule has 0 saturated heterocycles. The van der Waals surface area contributed by atoms with Crippen molar-refractivity contribution in [2.24, 2.45) is 0 Å². The van der Waals surface area contributed by atoms with Gasteiger partial charge in [0.2, 0.25) is 0 Å². The van der Waals surface area contributed by atoms with Gasteiger partial charge < -0.3 is 9.88 Å². The molecule has 5 rings (SSSR count). The number of benzene rings is 1. The van der Waals surface area contributed by atoms with Crippen molar-refractivity contribution < 1.29 is 4.79 Å². The van der Waals surface area contributed by atoms with E-state index in [9.17, 15) is 4.79 Å². The molecule has 0 radical (unpaired) electrons. The van der Waals surface area contributed by atoms with E-state index in [0.717, 1.165) is 48.7 Å². The first-order valence-corrected chi connectivity index (χ1v) is 10.0. The normalized spacial score (nSPS) is 15.9. The molecule has 1 unspecified atom stereocenters. The van der Waals surface area contributed by atoms with E-state index in [4.69, 9.17) is 0 Å². The van der Waals surface area contributed by atoms with Crippen molar-refractivity contribution in [2.45, 2.75) is 31.8 Å². The number of nitrogens with zero attached hydrogens (tertiary/aromatic N) is 6. The first-order valence-electron chi connectivity index (χ1n) is 10.0. The van der Waals surface area contributed by atoms with Crippen LogP contribution in [0.15, 0.2) is 67.3 Å². The van der Waals surface area contributed by atoms with Crippen LogP contribution in [-0.2, 0) is 13.0 Å². The van der Waals surface area contributed by atoms with E-state index < -0.39 is 0 Å². The van der Waals surface area contributed by atoms with Gasteiger partial charge in [-0.3, -0.25) is 9.78 Å². The molecular weight excluding hydrogens is 378 g/mol. The van der Waals surface area contributed by atoms with Crippen LogP contribution in [0.2, 0.25) is 0 Å². The van der Waals surface area contributed by atoms with Crippen molar-refractivity contribution in [1.82, 2.24) is 34.8 Å². The number of aryl methyl sites for hydroxylation is 1. The van der Waals surface area contributed by atoms with Crippen LogP contribution in [0.5, 0.6) is 0 Å². The molecule has 1 atom stereocenters. The fraction of sp³-hybridized carbons (Fsp3) is 0.227. The average molecular weight is 399 g/mol. The van der Waals surface area contributed by atoms with Crippen LogP contribution in [0.4, 0.5) is 0 Å². The lowest BCUT2D eigenvalue weighted by Gasteiger charge is -2.17. The van der Waals surface area contributed by atoms with Crippen molar-refractivity contribution in [1.29, 1.82) is 0 Å². The molecule has 1 N–H and O–H groups in total. The highest BCUT2D eigenvalue weighted by molar-refractivity contribution is 5.97. The second-order valence-corrected chi connectivity index (χ2v) is 7.30. The molecule has 8 nitrogen and oxygen atoms in total. The molecule has 4 heterocycles. The number of aromatic nitrogens is 6. The third-order valence-corrected chi connectivity index (χ3v) is 5.40. The largest absolute Gasteiger partial charge is 0.349 e. The Morgan fingerprint density at radius 1 is 1.03 bits per heavy atom. The Labute approximate surface area is 173 Å². The van der Waals surface area contributed by atoms with E-state index >= 15 is 0 Å². The van der Waals surface area contributed by atoms with Gasteiger partial charge in [-0.2, -0.15) is 5.10 Å². The van der Waals surface area contributed by atoms with Gasteiger partial charge in [0.1, 0.15) is 5.82 Å². The quantitative estimate of drug-likeness (QED) is 0.570. The molecule has 0 saturated carbocycles. The number of para-hydroxylation sites is 1. The Bertz CT molecular complexity index is 1150.